The quantitative estimate of drug-likeness (QED) is 0.0349. The number of aryl methyl sites for hydroxylation is 16. The second-order valence-electron chi connectivity index (χ2n) is 35.5. The van der Waals surface area contributed by atoms with Gasteiger partial charge in [0.25, 0.3) is 0 Å². The molecule has 0 aliphatic heterocycles. The minimum atomic E-state index is -1.28. The Kier molecular flexibility index (Phi) is 55.1. The van der Waals surface area contributed by atoms with Crippen molar-refractivity contribution < 1.29 is 150 Å². The monoisotopic (exact) mass is 2780 g/mol. The summed E-state index contributed by atoms with van der Waals surface area (Å²) in [5.41, 5.74) is 34.2. The molecular weight excluding hydrogens is 2650 g/mol. The molecule has 0 bridgehead atoms. The first-order valence-corrected chi connectivity index (χ1v) is 48.1. The van der Waals surface area contributed by atoms with Crippen molar-refractivity contribution in [2.45, 2.75) is 200 Å². The normalized spacial score (nSPS) is 10.8. The summed E-state index contributed by atoms with van der Waals surface area (Å²) >= 11 is 0. The fourth-order valence-corrected chi connectivity index (χ4v) is 15.9. The summed E-state index contributed by atoms with van der Waals surface area (Å²) in [5, 5.41) is 50.6. The molecule has 0 aliphatic carbocycles. The number of carbonyl (C=O) groups excluding carboxylic acids is 5. The van der Waals surface area contributed by atoms with E-state index in [0.717, 1.165) is 106 Å². The van der Waals surface area contributed by atoms with Crippen LogP contribution >= 0.6 is 0 Å². The zero-order valence-corrected chi connectivity index (χ0v) is 98.6. The summed E-state index contributed by atoms with van der Waals surface area (Å²) in [6.45, 7) is 55.0. The number of benzene rings is 10. The first-order chi connectivity index (χ1) is 63.3. The number of aliphatic hydroxyl groups is 5. The smallest absolute Gasteiger partial charge is 0.155 e. The number of pyridine rings is 5. The molecule has 0 saturated carbocycles. The molecule has 140 heavy (non-hydrogen) atoms. The van der Waals surface area contributed by atoms with Crippen molar-refractivity contribution in [3.63, 3.8) is 0 Å². The Morgan fingerprint density at radius 2 is 0.564 bits per heavy atom. The fourth-order valence-electron chi connectivity index (χ4n) is 14.7. The molecule has 15 rings (SSSR count). The molecule has 15 aromatic rings. The number of carbonyl (C=O) groups is 5. The van der Waals surface area contributed by atoms with E-state index in [4.69, 9.17) is 45.5 Å². The van der Waals surface area contributed by atoms with Gasteiger partial charge in [0.1, 0.15) is 0 Å². The minimum Gasteiger partial charge on any atom is -0.512 e. The molecule has 0 spiro atoms. The molecule has 0 amide bonds. The van der Waals surface area contributed by atoms with Gasteiger partial charge in [-0.15, -0.1) is 174 Å². The van der Waals surface area contributed by atoms with Gasteiger partial charge in [-0.1, -0.05) is 208 Å². The van der Waals surface area contributed by atoms with Crippen molar-refractivity contribution in [2.75, 3.05) is 0 Å². The number of fused-ring (bicyclic) bond motifs is 5. The van der Waals surface area contributed by atoms with Crippen LogP contribution in [0.4, 0.5) is 0 Å². The van der Waals surface area contributed by atoms with Crippen molar-refractivity contribution >= 4 is 96.6 Å². The van der Waals surface area contributed by atoms with Gasteiger partial charge < -0.3 is 30.5 Å². The van der Waals surface area contributed by atoms with Crippen LogP contribution in [-0.4, -0.2) is 87.4 Å². The molecule has 0 atom stereocenters. The van der Waals surface area contributed by atoms with Crippen LogP contribution in [0.5, 0.6) is 0 Å². The van der Waals surface area contributed by atoms with E-state index < -0.39 is 8.07 Å². The van der Waals surface area contributed by atoms with Crippen molar-refractivity contribution in [1.29, 1.82) is 0 Å². The van der Waals surface area contributed by atoms with Gasteiger partial charge in [0.2, 0.25) is 0 Å². The largest absolute Gasteiger partial charge is 0.512 e. The molecule has 5 N–H and O–H groups in total. The van der Waals surface area contributed by atoms with Crippen LogP contribution in [0, 0.1) is 141 Å². The topological polar surface area (TPSA) is 251 Å². The van der Waals surface area contributed by atoms with E-state index in [1.54, 1.807) is 0 Å². The van der Waals surface area contributed by atoms with Crippen LogP contribution in [0.25, 0.3) is 111 Å². The Morgan fingerprint density at radius 3 is 0.929 bits per heavy atom. The Morgan fingerprint density at radius 1 is 0.271 bits per heavy atom. The number of hydrogen-bond acceptors (Lipinski definition) is 15. The zero-order valence-electron chi connectivity index (χ0n) is 85.6. The van der Waals surface area contributed by atoms with Crippen LogP contribution in [0.3, 0.4) is 0 Å². The SMILES string of the molecule is CC(=O)C=C(C)O.CC(=O)C=C(C)O.CC(=O)C=C(C)O.CC(=O)C=C(C)O.CC(=O)C=C(C)O.Cc1[c-]c(-c2cc(C)c3ccc(C)cc3n2)cc(C)c1.Cc1[c-]c(-c2ccc3c(C)cc(C)cc3n2)cc(C)c1.Cc1[c-]c(-c2ccc3cc(C)ccc3n2)cc(C)c1.Cc1[c-]c(-c2ccc3cc([Si](C)(C)C)ccc3n2)cc(C)c1.Cc1[c-]c(-c2ncc3ccccc3c2C)cc(C)c1.[Ir].[Ir].[Ir].[Ir].[Ir]. The van der Waals surface area contributed by atoms with Crippen LogP contribution in [0.1, 0.15) is 158 Å². The van der Waals surface area contributed by atoms with Gasteiger partial charge in [-0.25, -0.2) is 0 Å². The number of rotatable bonds is 11. The molecule has 5 radical (unpaired) electrons. The second kappa shape index (κ2) is 60.8. The average Bonchev–Trinajstić information content (AvgIpc) is 0.727. The fraction of sp³-hybridized carbons (Fsp3) is 0.244. The third-order valence-electron chi connectivity index (χ3n) is 19.9. The molecule has 5 aromatic heterocycles. The summed E-state index contributed by atoms with van der Waals surface area (Å²) in [4.78, 5) is 73.9. The van der Waals surface area contributed by atoms with Gasteiger partial charge in [-0.2, -0.15) is 0 Å². The summed E-state index contributed by atoms with van der Waals surface area (Å²) in [5.74, 6) is -0.312. The Bertz CT molecular complexity index is 6690. The van der Waals surface area contributed by atoms with E-state index in [2.05, 4.69) is 354 Å². The standard InChI is InChI=1S/C20H22NSi.2C19H18N.2C18H16N.5C5H8O2.5Ir/c1-14-10-15(2)12-17(11-14)20-8-6-16-13-18(22(3,4)5)7-9-19(16)21-20;1-12-7-13(2)10-16(9-12)18-6-5-17-15(4)8-14(3)11-19(17)20-18;1-12-5-6-17-15(4)11-18(20-19(17)10-12)16-8-13(2)7-14(3)9-16;1-12-4-6-17-15(9-12)5-7-18(19-17)16-10-13(2)8-14(3)11-16;1-12-8-13(2)10-16(9-12)18-14(3)17-7-5-4-6-15(17)11-19-18;5*1-4(6)3-5(2)7;;;;;/h6-11,13H,1-5H3;5-9,11H,1-4H3;5-8,10-11H,1-4H3;4-10H,1-3H3;4-9,11H,1-3H3;5*3,6H,1-2H3;;;;;/q5*-1;;;;;;;;;;. The maximum atomic E-state index is 10.0. The predicted octanol–water partition coefficient (Wildman–Crippen LogP) is 29.2. The van der Waals surface area contributed by atoms with Gasteiger partial charge in [0, 0.05) is 148 Å². The minimum absolute atomic E-state index is 0. The van der Waals surface area contributed by atoms with Crippen LogP contribution in [0.2, 0.25) is 19.6 Å². The molecule has 0 fully saturated rings. The number of nitrogens with zero attached hydrogens (tertiary/aromatic N) is 5. The molecule has 0 saturated heterocycles. The van der Waals surface area contributed by atoms with E-state index in [1.165, 1.54) is 198 Å². The number of aliphatic hydroxyl groups excluding tert-OH is 5. The summed E-state index contributed by atoms with van der Waals surface area (Å²) in [6, 6.07) is 85.6. The average molecular weight is 2780 g/mol. The number of allylic oxidation sites excluding steroid dienone is 10. The number of hydrogen-bond donors (Lipinski definition) is 5. The van der Waals surface area contributed by atoms with Gasteiger partial charge in [-0.3, -0.25) is 43.9 Å². The van der Waals surface area contributed by atoms with E-state index >= 15 is 0 Å². The number of ketones is 5. The van der Waals surface area contributed by atoms with Crippen LogP contribution in [0.15, 0.2) is 259 Å². The third-order valence-corrected chi connectivity index (χ3v) is 22.0. The van der Waals surface area contributed by atoms with Crippen molar-refractivity contribution in [1.82, 2.24) is 24.9 Å². The van der Waals surface area contributed by atoms with E-state index in [-0.39, 0.29) is 158 Å². The van der Waals surface area contributed by atoms with E-state index in [1.807, 2.05) is 12.3 Å². The summed E-state index contributed by atoms with van der Waals surface area (Å²) < 4.78 is 0. The van der Waals surface area contributed by atoms with E-state index in [0.29, 0.717) is 0 Å². The molecule has 5 heterocycles. The van der Waals surface area contributed by atoms with Crippen molar-refractivity contribution in [3.8, 4) is 56.3 Å². The predicted molar refractivity (Wildman–Crippen MR) is 564 cm³/mol. The van der Waals surface area contributed by atoms with Gasteiger partial charge in [0.05, 0.1) is 58.9 Å². The van der Waals surface area contributed by atoms with Crippen molar-refractivity contribution in [3.05, 3.63) is 379 Å². The van der Waals surface area contributed by atoms with Gasteiger partial charge >= 0.3 is 0 Å². The first kappa shape index (κ1) is 127. The van der Waals surface area contributed by atoms with E-state index in [9.17, 15) is 24.0 Å². The molecule has 15 nitrogen and oxygen atoms in total. The molecule has 745 valence electrons. The molecule has 10 aromatic carbocycles. The van der Waals surface area contributed by atoms with Crippen LogP contribution < -0.4 is 5.19 Å². The maximum absolute atomic E-state index is 10.0. The maximum Gasteiger partial charge on any atom is 0.155 e. The summed E-state index contributed by atoms with van der Waals surface area (Å²) in [6.07, 6.45) is 7.78. The first-order valence-electron chi connectivity index (χ1n) is 44.6. The van der Waals surface area contributed by atoms with Crippen LogP contribution in [-0.2, 0) is 124 Å². The Labute approximate surface area is 898 Å². The molecule has 0 aliphatic rings. The molecule has 0 unspecified atom stereocenters. The summed E-state index contributed by atoms with van der Waals surface area (Å²) in [7, 11) is -1.28. The van der Waals surface area contributed by atoms with Crippen molar-refractivity contribution in [2.24, 2.45) is 0 Å². The zero-order chi connectivity index (χ0) is 101. The Balaban J connectivity index is 0.000000800. The molecular formula is C119H130Ir5N5O10Si-5. The Hall–Kier alpha value is -11.2. The van der Waals surface area contributed by atoms with Gasteiger partial charge in [-0.05, 0) is 213 Å². The van der Waals surface area contributed by atoms with Gasteiger partial charge in [0.15, 0.2) is 28.9 Å². The number of aromatic nitrogens is 5. The second-order valence-corrected chi connectivity index (χ2v) is 40.6. The molecule has 21 heteroatoms. The third kappa shape index (κ3) is 44.3.